The fraction of sp³-hybridized carbons (Fsp3) is 0.867. The van der Waals surface area contributed by atoms with Gasteiger partial charge in [-0.3, -0.25) is 13.6 Å². The van der Waals surface area contributed by atoms with Gasteiger partial charge in [-0.05, 0) is 60.8 Å². The van der Waals surface area contributed by atoms with E-state index in [1.54, 1.807) is 0 Å². The Balaban J connectivity index is 2.35. The van der Waals surface area contributed by atoms with Crippen LogP contribution < -0.4 is 0 Å². The number of hydrogen-bond acceptors (Lipinski definition) is 3. The summed E-state index contributed by atoms with van der Waals surface area (Å²) in [5.41, 5.74) is 0.397. The van der Waals surface area contributed by atoms with E-state index in [0.717, 1.165) is 25.7 Å². The first-order valence-corrected chi connectivity index (χ1v) is 8.95. The Labute approximate surface area is 118 Å². The maximum absolute atomic E-state index is 12.5. The number of hydrogen-bond donors (Lipinski definition) is 0. The molecule has 1 heterocycles. The molecule has 0 aromatic heterocycles. The summed E-state index contributed by atoms with van der Waals surface area (Å²) in [7, 11) is -2.90. The van der Waals surface area contributed by atoms with Crippen LogP contribution in [0.3, 0.4) is 0 Å². The lowest BCUT2D eigenvalue weighted by atomic mass is 9.90. The van der Waals surface area contributed by atoms with Crippen molar-refractivity contribution in [2.75, 3.05) is 6.16 Å². The van der Waals surface area contributed by atoms with Crippen LogP contribution in [-0.4, -0.2) is 17.4 Å². The van der Waals surface area contributed by atoms with Crippen molar-refractivity contribution < 1.29 is 13.6 Å². The Hall–Kier alpha value is -0.110. The minimum absolute atomic E-state index is 0.482. The van der Waals surface area contributed by atoms with E-state index in [1.165, 1.54) is 5.57 Å². The first-order chi connectivity index (χ1) is 8.58. The second kappa shape index (κ2) is 6.11. The van der Waals surface area contributed by atoms with Crippen molar-refractivity contribution in [2.24, 2.45) is 0 Å². The molecule has 1 aliphatic rings. The van der Waals surface area contributed by atoms with E-state index in [9.17, 15) is 4.57 Å². The molecule has 1 fully saturated rings. The summed E-state index contributed by atoms with van der Waals surface area (Å²) in [4.78, 5) is 0. The average molecular weight is 288 g/mol. The van der Waals surface area contributed by atoms with E-state index in [4.69, 9.17) is 9.05 Å². The van der Waals surface area contributed by atoms with Gasteiger partial charge in [-0.1, -0.05) is 18.1 Å². The Bertz CT molecular complexity index is 359. The molecule has 0 saturated carbocycles. The summed E-state index contributed by atoms with van der Waals surface area (Å²) in [6, 6.07) is 0. The Morgan fingerprint density at radius 2 is 1.53 bits per heavy atom. The van der Waals surface area contributed by atoms with Crippen LogP contribution in [0, 0.1) is 0 Å². The SMILES string of the molecule is CC(C)=CCCCCCP1(=O)OC(C)(C)C(C)(C)O1. The van der Waals surface area contributed by atoms with Crippen molar-refractivity contribution in [1.82, 2.24) is 0 Å². The topological polar surface area (TPSA) is 35.5 Å². The number of rotatable bonds is 6. The molecule has 0 N–H and O–H groups in total. The smallest absolute Gasteiger partial charge is 0.299 e. The predicted molar refractivity (Wildman–Crippen MR) is 80.7 cm³/mol. The summed E-state index contributed by atoms with van der Waals surface area (Å²) in [5, 5.41) is 0. The lowest BCUT2D eigenvalue weighted by Gasteiger charge is -2.29. The Morgan fingerprint density at radius 1 is 1.00 bits per heavy atom. The van der Waals surface area contributed by atoms with Crippen molar-refractivity contribution in [2.45, 2.75) is 78.4 Å². The van der Waals surface area contributed by atoms with E-state index in [1.807, 2.05) is 27.7 Å². The Morgan fingerprint density at radius 3 is 2.00 bits per heavy atom. The third kappa shape index (κ3) is 4.73. The molecule has 0 aromatic carbocycles. The quantitative estimate of drug-likeness (QED) is 0.377. The van der Waals surface area contributed by atoms with Crippen LogP contribution in [0.2, 0.25) is 0 Å². The van der Waals surface area contributed by atoms with Gasteiger partial charge in [-0.2, -0.15) is 0 Å². The number of unbranched alkanes of at least 4 members (excludes halogenated alkanes) is 3. The molecule has 0 bridgehead atoms. The minimum Gasteiger partial charge on any atom is -0.299 e. The number of allylic oxidation sites excluding steroid dienone is 2. The molecular formula is C15H29O3P. The third-order valence-electron chi connectivity index (χ3n) is 3.87. The molecule has 19 heavy (non-hydrogen) atoms. The third-order valence-corrected chi connectivity index (χ3v) is 6.21. The van der Waals surface area contributed by atoms with Crippen molar-refractivity contribution >= 4 is 7.60 Å². The van der Waals surface area contributed by atoms with Gasteiger partial charge >= 0.3 is 7.60 Å². The summed E-state index contributed by atoms with van der Waals surface area (Å²) in [6.45, 7) is 12.0. The maximum atomic E-state index is 12.5. The zero-order chi connectivity index (χ0) is 14.7. The van der Waals surface area contributed by atoms with Gasteiger partial charge in [0.2, 0.25) is 0 Å². The summed E-state index contributed by atoms with van der Waals surface area (Å²) in [6.07, 6.45) is 7.00. The molecule has 1 aliphatic heterocycles. The van der Waals surface area contributed by atoms with Crippen LogP contribution in [0.1, 0.15) is 67.2 Å². The standard InChI is InChI=1S/C15H29O3P/c1-13(2)11-9-7-8-10-12-19(16)17-14(3,4)15(5,6)18-19/h11H,7-10,12H2,1-6H3. The van der Waals surface area contributed by atoms with Crippen LogP contribution in [0.5, 0.6) is 0 Å². The summed E-state index contributed by atoms with van der Waals surface area (Å²) in [5.74, 6) is 0. The van der Waals surface area contributed by atoms with Crippen LogP contribution >= 0.6 is 7.60 Å². The van der Waals surface area contributed by atoms with E-state index in [2.05, 4.69) is 19.9 Å². The van der Waals surface area contributed by atoms with Crippen molar-refractivity contribution in [3.8, 4) is 0 Å². The largest absolute Gasteiger partial charge is 0.331 e. The molecule has 0 amide bonds. The van der Waals surface area contributed by atoms with Gasteiger partial charge < -0.3 is 0 Å². The van der Waals surface area contributed by atoms with Gasteiger partial charge in [0.25, 0.3) is 0 Å². The molecule has 1 rings (SSSR count). The van der Waals surface area contributed by atoms with Crippen molar-refractivity contribution in [3.63, 3.8) is 0 Å². The second-order valence-corrected chi connectivity index (χ2v) is 8.70. The molecule has 112 valence electrons. The molecule has 0 unspecified atom stereocenters. The first-order valence-electron chi connectivity index (χ1n) is 7.22. The normalized spacial score (nSPS) is 23.3. The van der Waals surface area contributed by atoms with Crippen LogP contribution in [0.4, 0.5) is 0 Å². The van der Waals surface area contributed by atoms with Crippen LogP contribution in [0.25, 0.3) is 0 Å². The van der Waals surface area contributed by atoms with E-state index in [-0.39, 0.29) is 0 Å². The van der Waals surface area contributed by atoms with E-state index < -0.39 is 18.8 Å². The maximum Gasteiger partial charge on any atom is 0.331 e. The Kier molecular flexibility index (Phi) is 5.45. The highest BCUT2D eigenvalue weighted by Crippen LogP contribution is 2.64. The predicted octanol–water partition coefficient (Wildman–Crippen LogP) is 5.31. The van der Waals surface area contributed by atoms with Gasteiger partial charge in [-0.25, -0.2) is 0 Å². The summed E-state index contributed by atoms with van der Waals surface area (Å²) >= 11 is 0. The molecule has 3 nitrogen and oxygen atoms in total. The lowest BCUT2D eigenvalue weighted by Crippen LogP contribution is -2.41. The van der Waals surface area contributed by atoms with Gasteiger partial charge in [0.15, 0.2) is 0 Å². The van der Waals surface area contributed by atoms with E-state index in [0.29, 0.717) is 6.16 Å². The highest BCUT2D eigenvalue weighted by Gasteiger charge is 2.54. The lowest BCUT2D eigenvalue weighted by molar-refractivity contribution is 0.00578. The molecule has 0 radical (unpaired) electrons. The van der Waals surface area contributed by atoms with Crippen molar-refractivity contribution in [1.29, 1.82) is 0 Å². The monoisotopic (exact) mass is 288 g/mol. The highest BCUT2D eigenvalue weighted by atomic mass is 31.2. The van der Waals surface area contributed by atoms with Crippen LogP contribution in [0.15, 0.2) is 11.6 Å². The molecular weight excluding hydrogens is 259 g/mol. The molecule has 0 aliphatic carbocycles. The minimum atomic E-state index is -2.90. The van der Waals surface area contributed by atoms with Gasteiger partial charge in [0.05, 0.1) is 6.16 Å². The molecule has 0 spiro atoms. The second-order valence-electron chi connectivity index (χ2n) is 6.67. The zero-order valence-corrected chi connectivity index (χ0v) is 14.2. The summed E-state index contributed by atoms with van der Waals surface area (Å²) < 4.78 is 24.0. The molecule has 0 aromatic rings. The fourth-order valence-electron chi connectivity index (χ4n) is 2.04. The van der Waals surface area contributed by atoms with E-state index >= 15 is 0 Å². The van der Waals surface area contributed by atoms with Crippen LogP contribution in [-0.2, 0) is 13.6 Å². The van der Waals surface area contributed by atoms with Crippen molar-refractivity contribution in [3.05, 3.63) is 11.6 Å². The first kappa shape index (κ1) is 16.9. The zero-order valence-electron chi connectivity index (χ0n) is 13.3. The fourth-order valence-corrected chi connectivity index (χ4v) is 4.70. The molecule has 0 atom stereocenters. The highest BCUT2D eigenvalue weighted by molar-refractivity contribution is 7.54. The van der Waals surface area contributed by atoms with Gasteiger partial charge in [0.1, 0.15) is 11.2 Å². The van der Waals surface area contributed by atoms with Gasteiger partial charge in [-0.15, -0.1) is 0 Å². The van der Waals surface area contributed by atoms with Gasteiger partial charge in [0, 0.05) is 0 Å². The molecule has 1 saturated heterocycles. The average Bonchev–Trinajstić information content (AvgIpc) is 2.36. The molecule has 4 heteroatoms.